The zero-order valence-electron chi connectivity index (χ0n) is 32.7. The second-order valence-electron chi connectivity index (χ2n) is 14.0. The number of esters is 1. The summed E-state index contributed by atoms with van der Waals surface area (Å²) >= 11 is 7.45. The summed E-state index contributed by atoms with van der Waals surface area (Å²) in [5.74, 6) is 0.683. The number of hydrogen-bond donors (Lipinski definition) is 2. The van der Waals surface area contributed by atoms with Crippen molar-refractivity contribution < 1.29 is 33.6 Å². The van der Waals surface area contributed by atoms with Crippen LogP contribution < -0.4 is 35.4 Å². The van der Waals surface area contributed by atoms with Crippen LogP contribution in [0.3, 0.4) is 0 Å². The van der Waals surface area contributed by atoms with Crippen LogP contribution in [0.5, 0.6) is 28.7 Å². The van der Waals surface area contributed by atoms with Crippen molar-refractivity contribution in [3.63, 3.8) is 0 Å². The Kier molecular flexibility index (Phi) is 13.6. The number of ether oxygens (including phenoxy) is 4. The molecule has 5 aromatic carbocycles. The molecule has 1 aliphatic rings. The Morgan fingerprint density at radius 1 is 0.814 bits per heavy atom. The number of aromatic hydroxyl groups is 1. The summed E-state index contributed by atoms with van der Waals surface area (Å²) in [4.78, 5) is 34.0. The van der Waals surface area contributed by atoms with Gasteiger partial charge in [0, 0.05) is 17.9 Å². The molecule has 306 valence electrons. The third-order valence-corrected chi connectivity index (χ3v) is 22.4. The minimum Gasteiger partial charge on any atom is -0.259 e. The number of thiazole rings is 1. The number of unbranched alkanes of at least 4 members (excludes halogenated alkanes) is 3. The van der Waals surface area contributed by atoms with Crippen LogP contribution in [-0.4, -0.2) is 72.3 Å². The SMILES string of the molecule is COC(=O)[C@H]1CSC(c2nc3ccc(Oc4cc(OC)c(O)c(OCC(=O)NCCCCCCP(Br)(c5ccccc5)(c5ccccc5)c5ccccc5)c4)cc3s2)=N1. The number of fused-ring (bicyclic) bond motifs is 1. The number of carbonyl (C=O) groups excluding carboxylic acids is 2. The summed E-state index contributed by atoms with van der Waals surface area (Å²) in [7, 11) is 2.79. The van der Waals surface area contributed by atoms with Crippen molar-refractivity contribution in [2.75, 3.05) is 39.3 Å². The van der Waals surface area contributed by atoms with Gasteiger partial charge in [-0.25, -0.2) is 9.78 Å². The van der Waals surface area contributed by atoms with Gasteiger partial charge in [-0.1, -0.05) is 0 Å². The number of thioether (sulfide) groups is 1. The number of rotatable bonds is 18. The number of phenols is 1. The number of methoxy groups -OCH3 is 2. The third kappa shape index (κ3) is 9.29. The normalized spacial score (nSPS) is 14.5. The minimum absolute atomic E-state index is 0.0541. The van der Waals surface area contributed by atoms with E-state index in [1.54, 1.807) is 12.1 Å². The molecule has 1 atom stereocenters. The molecule has 7 rings (SSSR count). The second kappa shape index (κ2) is 19.0. The van der Waals surface area contributed by atoms with Gasteiger partial charge in [0.05, 0.1) is 24.4 Å². The topological polar surface area (TPSA) is 129 Å². The fourth-order valence-corrected chi connectivity index (χ4v) is 17.0. The molecule has 1 aliphatic heterocycles. The first-order valence-electron chi connectivity index (χ1n) is 19.3. The van der Waals surface area contributed by atoms with Gasteiger partial charge in [-0.15, -0.1) is 23.1 Å². The molecule has 0 radical (unpaired) electrons. The van der Waals surface area contributed by atoms with Gasteiger partial charge in [0.25, 0.3) is 0 Å². The molecule has 2 N–H and O–H groups in total. The van der Waals surface area contributed by atoms with E-state index in [9.17, 15) is 14.7 Å². The number of nitrogens with zero attached hydrogens (tertiary/aromatic N) is 2. The monoisotopic (exact) mass is 913 g/mol. The summed E-state index contributed by atoms with van der Waals surface area (Å²) in [6, 6.07) is 40.4. The Morgan fingerprint density at radius 2 is 1.44 bits per heavy atom. The molecule has 0 unspecified atom stereocenters. The van der Waals surface area contributed by atoms with Gasteiger partial charge in [0.1, 0.15) is 21.6 Å². The van der Waals surface area contributed by atoms with E-state index in [2.05, 4.69) is 122 Å². The maximum atomic E-state index is 12.9. The van der Waals surface area contributed by atoms with Crippen molar-refractivity contribution in [1.82, 2.24) is 10.3 Å². The number of benzene rings is 5. The number of aromatic nitrogens is 1. The van der Waals surface area contributed by atoms with Gasteiger partial charge < -0.3 is 19.3 Å². The fraction of sp³-hybridized carbons (Fsp3) is 0.244. The van der Waals surface area contributed by atoms with E-state index in [0.29, 0.717) is 28.8 Å². The van der Waals surface area contributed by atoms with Crippen LogP contribution in [0, 0.1) is 0 Å². The van der Waals surface area contributed by atoms with Crippen molar-refractivity contribution in [3.8, 4) is 28.7 Å². The van der Waals surface area contributed by atoms with Crippen LogP contribution in [0.15, 0.2) is 126 Å². The Morgan fingerprint density at radius 3 is 2.07 bits per heavy atom. The van der Waals surface area contributed by atoms with Crippen molar-refractivity contribution in [2.24, 2.45) is 4.99 Å². The molecule has 1 aromatic heterocycles. The van der Waals surface area contributed by atoms with Crippen LogP contribution in [0.2, 0.25) is 0 Å². The van der Waals surface area contributed by atoms with Gasteiger partial charge in [0.2, 0.25) is 0 Å². The quantitative estimate of drug-likeness (QED) is 0.0495. The first-order valence-corrected chi connectivity index (χ1v) is 25.5. The Balaban J connectivity index is 0.924. The molecule has 0 saturated heterocycles. The summed E-state index contributed by atoms with van der Waals surface area (Å²) in [5, 5.41) is 16.2. The predicted octanol–water partition coefficient (Wildman–Crippen LogP) is 8.73. The van der Waals surface area contributed by atoms with Gasteiger partial charge in [0.15, 0.2) is 11.8 Å². The molecule has 0 bridgehead atoms. The molecular weight excluding hydrogens is 870 g/mol. The average molecular weight is 915 g/mol. The maximum absolute atomic E-state index is 12.9. The molecule has 6 aromatic rings. The van der Waals surface area contributed by atoms with Crippen LogP contribution in [-0.2, 0) is 14.3 Å². The molecule has 0 fully saturated rings. The molecule has 59 heavy (non-hydrogen) atoms. The molecule has 1 amide bonds. The molecular formula is C45H45BrN3O7PS2. The average Bonchev–Trinajstić information content (AvgIpc) is 3.95. The Labute approximate surface area is 360 Å². The minimum atomic E-state index is -2.96. The number of hydrogen-bond acceptors (Lipinski definition) is 11. The van der Waals surface area contributed by atoms with E-state index in [-0.39, 0.29) is 35.7 Å². The number of halogens is 1. The van der Waals surface area contributed by atoms with Crippen LogP contribution in [0.4, 0.5) is 0 Å². The Hall–Kier alpha value is -4.94. The molecule has 0 aliphatic carbocycles. The van der Waals surface area contributed by atoms with Crippen LogP contribution in [0.25, 0.3) is 10.2 Å². The molecule has 0 spiro atoms. The van der Waals surface area contributed by atoms with Crippen molar-refractivity contribution >= 4 is 86.9 Å². The number of carbonyl (C=O) groups is 2. The summed E-state index contributed by atoms with van der Waals surface area (Å²) in [5.41, 5.74) is 0.769. The van der Waals surface area contributed by atoms with Crippen molar-refractivity contribution in [3.05, 3.63) is 126 Å². The number of phenolic OH excluding ortho intramolecular Hbond substituents is 1. The molecule has 14 heteroatoms. The first-order chi connectivity index (χ1) is 28.7. The van der Waals surface area contributed by atoms with Gasteiger partial charge in [-0.3, -0.25) is 4.99 Å². The summed E-state index contributed by atoms with van der Waals surface area (Å²) < 4.78 is 23.0. The van der Waals surface area contributed by atoms with E-state index >= 15 is 0 Å². The van der Waals surface area contributed by atoms with E-state index in [4.69, 9.17) is 18.9 Å². The molecule has 10 nitrogen and oxygen atoms in total. The van der Waals surface area contributed by atoms with E-state index in [1.165, 1.54) is 59.3 Å². The first kappa shape index (κ1) is 42.2. The van der Waals surface area contributed by atoms with Gasteiger partial charge in [-0.2, -0.15) is 0 Å². The van der Waals surface area contributed by atoms with Gasteiger partial charge in [-0.05, 0) is 12.1 Å². The summed E-state index contributed by atoms with van der Waals surface area (Å²) in [6.07, 6.45) is 4.75. The second-order valence-corrected chi connectivity index (χ2v) is 25.1. The fourth-order valence-electron chi connectivity index (χ4n) is 7.19. The number of aliphatic imine (C=N–C) groups is 1. The zero-order chi connectivity index (χ0) is 41.3. The van der Waals surface area contributed by atoms with Crippen LogP contribution >= 0.6 is 43.9 Å². The number of amides is 1. The molecule has 2 heterocycles. The zero-order valence-corrected chi connectivity index (χ0v) is 36.8. The molecule has 0 saturated carbocycles. The third-order valence-electron chi connectivity index (χ3n) is 10.2. The van der Waals surface area contributed by atoms with Crippen LogP contribution in [0.1, 0.15) is 30.7 Å². The Bertz CT molecular complexity index is 2340. The van der Waals surface area contributed by atoms with E-state index in [1.807, 2.05) is 12.1 Å². The van der Waals surface area contributed by atoms with E-state index in [0.717, 1.165) is 47.1 Å². The van der Waals surface area contributed by atoms with E-state index < -0.39 is 11.3 Å². The number of nitrogens with one attached hydrogen (secondary N) is 1. The standard InChI is InChI=1S/C45H45BrN3O7PS2/c1-53-38-26-32(56-31-22-23-36-40(28-31)59-44(48-36)43-49-37(30-58-43)45(52)54-2)27-39(42(38)51)55-29-41(50)47-24-14-3-4-15-25-57(46,33-16-8-5-9-17-33,34-18-10-6-11-19-34)35-20-12-7-13-21-35/h5-13,16-23,26-28,37,51H,3-4,14-15,24-25,29-30H2,1-2H3,(H,47,50)/t37-/m1/s1. The van der Waals surface area contributed by atoms with Gasteiger partial charge >= 0.3 is 217 Å². The smallest absolute Gasteiger partial charge is 0.259 e. The van der Waals surface area contributed by atoms with Crippen molar-refractivity contribution in [1.29, 1.82) is 0 Å². The predicted molar refractivity (Wildman–Crippen MR) is 245 cm³/mol. The summed E-state index contributed by atoms with van der Waals surface area (Å²) in [6.45, 7) is 0.215. The van der Waals surface area contributed by atoms with Crippen molar-refractivity contribution in [2.45, 2.75) is 31.7 Å².